The molecule has 13 rings (SSSR count). The van der Waals surface area contributed by atoms with Crippen LogP contribution < -0.4 is 35.2 Å². The Morgan fingerprint density at radius 3 is 2.27 bits per heavy atom. The number of rotatable bonds is 27. The first kappa shape index (κ1) is 81.9. The minimum Gasteiger partial charge on any atom is -0.476 e. The van der Waals surface area contributed by atoms with E-state index < -0.39 is 66.6 Å². The Labute approximate surface area is 668 Å². The van der Waals surface area contributed by atoms with E-state index in [4.69, 9.17) is 26.1 Å². The number of hydrogen-bond donors (Lipinski definition) is 6. The van der Waals surface area contributed by atoms with Crippen molar-refractivity contribution in [2.24, 2.45) is 10.8 Å². The maximum absolute atomic E-state index is 15.5. The molecular formula is C83H104ClFN14O12S2. The number of nitro benzene ring substituents is 1. The molecule has 5 amide bonds. The maximum Gasteiger partial charge on any atom is 0.293 e. The second-order valence-corrected chi connectivity index (χ2v) is 35.5. The number of anilines is 4. The molecule has 0 saturated carbocycles. The molecule has 6 aliphatic rings. The standard InChI is InChI=1S/C83H104ClFN14O12S2/c1-54(56-14-16-58(17-15-56)74-55(2)88-53-112-74)89-78(104)70-46-63(100)50-98(70)80(105)75(81(3,4)5)90-72(101)12-9-7-8-10-13-73(102)96-39-35-94(36-40-96)52-82(6)28-26-60(66(48-82)57-18-20-61(84)21-19-57)49-93-33-37-95(38-34-93)62-22-24-65(68(45-62)97-32-11-41-111-79-71(97)44-59-27-31-86-76(59)91-79)77(103)92-113(108,109)64-23-25-67(69(47-64)99(106)107)87-51-83(85)29-42-110-43-30-83/h14-25,27,31,44-45,47,53-54,63,70,75,87,100H,7-13,26,28-30,32-43,46,48-52H2,1-6H3,(H,86,91)(H,89,104)(H,90,101)(H,92,103)/t54-,63+,70-,75+,82+/m0/s1. The van der Waals surface area contributed by atoms with Crippen LogP contribution in [0.5, 0.6) is 5.88 Å². The number of allylic oxidation sites excluding steroid dienone is 1. The minimum absolute atomic E-state index is 0.0155. The zero-order valence-electron chi connectivity index (χ0n) is 65.2. The van der Waals surface area contributed by atoms with Crippen molar-refractivity contribution in [2.45, 2.75) is 160 Å². The number of nitro groups is 1. The number of aromatic amines is 1. The van der Waals surface area contributed by atoms with Crippen LogP contribution in [0.25, 0.3) is 27.0 Å². The molecule has 604 valence electrons. The number of pyridine rings is 1. The van der Waals surface area contributed by atoms with Crippen LogP contribution in [0, 0.1) is 27.9 Å². The Hall–Kier alpha value is -9.10. The molecule has 4 aromatic carbocycles. The predicted molar refractivity (Wildman–Crippen MR) is 436 cm³/mol. The quantitative estimate of drug-likeness (QED) is 0.0158. The van der Waals surface area contributed by atoms with Gasteiger partial charge in [-0.3, -0.25) is 43.9 Å². The number of aryl methyl sites for hydroxylation is 1. The van der Waals surface area contributed by atoms with Crippen molar-refractivity contribution in [1.29, 1.82) is 0 Å². The van der Waals surface area contributed by atoms with Gasteiger partial charge in [0, 0.05) is 159 Å². The number of amides is 5. The number of β-amino-alcohol motifs (C(OH)–C–C–N with tert-alkyl or cyclic N) is 1. The molecule has 0 unspecified atom stereocenters. The first-order valence-corrected chi connectivity index (χ1v) is 42.2. The van der Waals surface area contributed by atoms with Crippen molar-refractivity contribution >= 4 is 108 Å². The Balaban J connectivity index is 0.587. The molecule has 1 aliphatic carbocycles. The maximum atomic E-state index is 15.5. The van der Waals surface area contributed by atoms with E-state index in [9.17, 15) is 47.6 Å². The number of nitrogens with zero attached hydrogens (tertiary/aromatic N) is 9. The number of likely N-dealkylation sites (tertiary alicyclic amines) is 1. The van der Waals surface area contributed by atoms with E-state index in [0.29, 0.717) is 92.9 Å². The number of thiazole rings is 1. The summed E-state index contributed by atoms with van der Waals surface area (Å²) < 4.78 is 57.5. The highest BCUT2D eigenvalue weighted by atomic mass is 35.5. The topological polar surface area (TPSA) is 310 Å². The fraction of sp³-hybridized carbons (Fsp3) is 0.506. The lowest BCUT2D eigenvalue weighted by molar-refractivity contribution is -0.384. The third kappa shape index (κ3) is 19.8. The zero-order chi connectivity index (χ0) is 79.9. The third-order valence-corrected chi connectivity index (χ3v) is 25.6. The monoisotopic (exact) mass is 1610 g/mol. The molecule has 8 heterocycles. The van der Waals surface area contributed by atoms with Crippen molar-refractivity contribution in [3.8, 4) is 16.3 Å². The number of ether oxygens (including phenoxy) is 2. The Bertz CT molecular complexity index is 4770. The average molecular weight is 1610 g/mol. The number of piperazine rings is 2. The lowest BCUT2D eigenvalue weighted by atomic mass is 9.70. The molecule has 5 aliphatic heterocycles. The summed E-state index contributed by atoms with van der Waals surface area (Å²) in [5.41, 5.74) is 8.00. The number of aromatic nitrogens is 3. The smallest absolute Gasteiger partial charge is 0.293 e. The summed E-state index contributed by atoms with van der Waals surface area (Å²) >= 11 is 8.08. The van der Waals surface area contributed by atoms with Gasteiger partial charge in [-0.15, -0.1) is 11.3 Å². The van der Waals surface area contributed by atoms with E-state index in [-0.39, 0.29) is 92.4 Å². The van der Waals surface area contributed by atoms with Gasteiger partial charge in [0.25, 0.3) is 21.6 Å². The highest BCUT2D eigenvalue weighted by molar-refractivity contribution is 7.90. The number of H-pyrrole nitrogens is 1. The number of alkyl halides is 1. The van der Waals surface area contributed by atoms with Gasteiger partial charge in [-0.25, -0.2) is 22.5 Å². The van der Waals surface area contributed by atoms with Gasteiger partial charge < -0.3 is 55.1 Å². The van der Waals surface area contributed by atoms with Gasteiger partial charge >= 0.3 is 0 Å². The van der Waals surface area contributed by atoms with Gasteiger partial charge in [0.2, 0.25) is 29.5 Å². The normalized spacial score (nSPS) is 20.4. The Morgan fingerprint density at radius 2 is 1.56 bits per heavy atom. The van der Waals surface area contributed by atoms with Crippen LogP contribution in [0.4, 0.5) is 32.8 Å². The van der Waals surface area contributed by atoms with Crippen molar-refractivity contribution in [3.05, 3.63) is 152 Å². The van der Waals surface area contributed by atoms with Crippen LogP contribution in [-0.4, -0.2) is 211 Å². The van der Waals surface area contributed by atoms with Crippen LogP contribution >= 0.6 is 22.9 Å². The number of sulfonamides is 1. The lowest BCUT2D eigenvalue weighted by Gasteiger charge is -2.44. The molecule has 26 nitrogen and oxygen atoms in total. The fourth-order valence-corrected chi connectivity index (χ4v) is 18.4. The molecule has 4 saturated heterocycles. The first-order valence-electron chi connectivity index (χ1n) is 39.5. The number of aliphatic hydroxyl groups is 1. The van der Waals surface area contributed by atoms with Crippen LogP contribution in [0.1, 0.15) is 151 Å². The number of hydrogen-bond acceptors (Lipinski definition) is 20. The van der Waals surface area contributed by atoms with Gasteiger partial charge in [0.15, 0.2) is 0 Å². The summed E-state index contributed by atoms with van der Waals surface area (Å²) in [4.78, 5) is 107. The van der Waals surface area contributed by atoms with Crippen LogP contribution in [0.2, 0.25) is 5.02 Å². The number of carbonyl (C=O) groups excluding carboxylic acids is 5. The number of unbranched alkanes of at least 4 members (excludes halogenated alkanes) is 3. The summed E-state index contributed by atoms with van der Waals surface area (Å²) in [5, 5.41) is 33.5. The molecule has 0 radical (unpaired) electrons. The summed E-state index contributed by atoms with van der Waals surface area (Å²) in [6.07, 6.45) is 7.95. The van der Waals surface area contributed by atoms with Crippen LogP contribution in [0.3, 0.4) is 0 Å². The lowest BCUT2D eigenvalue weighted by Crippen LogP contribution is -2.57. The average Bonchev–Trinajstić information content (AvgIpc) is 1.78. The second kappa shape index (κ2) is 35.3. The number of aliphatic hydroxyl groups excluding tert-OH is 1. The van der Waals surface area contributed by atoms with Gasteiger partial charge in [-0.2, -0.15) is 4.98 Å². The molecule has 7 aromatic rings. The number of fused-ring (bicyclic) bond motifs is 2. The minimum atomic E-state index is -4.72. The summed E-state index contributed by atoms with van der Waals surface area (Å²) in [6, 6.07) is 26.3. The van der Waals surface area contributed by atoms with Gasteiger partial charge in [-0.1, -0.05) is 94.1 Å². The fourth-order valence-electron chi connectivity index (χ4n) is 16.5. The van der Waals surface area contributed by atoms with Crippen molar-refractivity contribution in [3.63, 3.8) is 0 Å². The molecule has 5 atom stereocenters. The van der Waals surface area contributed by atoms with Crippen molar-refractivity contribution in [2.75, 3.05) is 120 Å². The van der Waals surface area contributed by atoms with Crippen LogP contribution in [-0.2, 0) is 33.9 Å². The van der Waals surface area contributed by atoms with Crippen molar-refractivity contribution < 1.29 is 56.3 Å². The SMILES string of the molecule is Cc1ncsc1-c1ccc([C@H](C)NC(=O)[C@@H]2C[C@@H](O)CN2C(=O)[C@@H](NC(=O)CCCCCCC(=O)N2CCN(C[C@]3(C)CCC(CN4CCN(c5ccc(C(=O)NS(=O)(=O)c6ccc(NCC7(F)CCOCC7)c([N+](=O)[O-])c6)c(N6CCCOc7nc8[nH]ccc8cc76)c5)CC4)=C(c4ccc(Cl)cc4)C3)CC2)C(C)(C)C)cc1. The van der Waals surface area contributed by atoms with E-state index in [1.54, 1.807) is 23.6 Å². The number of nitrogens with one attached hydrogen (secondary N) is 5. The number of halogens is 2. The highest BCUT2D eigenvalue weighted by Gasteiger charge is 2.46. The number of benzene rings is 4. The molecular weight excluding hydrogens is 1500 g/mol. The van der Waals surface area contributed by atoms with E-state index in [2.05, 4.69) is 64.4 Å². The molecule has 6 N–H and O–H groups in total. The molecule has 3 aromatic heterocycles. The number of carbonyl (C=O) groups is 5. The van der Waals surface area contributed by atoms with Crippen LogP contribution in [0.15, 0.2) is 119 Å². The zero-order valence-corrected chi connectivity index (χ0v) is 67.6. The highest BCUT2D eigenvalue weighted by Crippen LogP contribution is 2.46. The Kier molecular flexibility index (Phi) is 25.6. The first-order chi connectivity index (χ1) is 54.1. The van der Waals surface area contributed by atoms with Gasteiger partial charge in [0.05, 0.1) is 55.9 Å². The van der Waals surface area contributed by atoms with E-state index >= 15 is 4.39 Å². The molecule has 30 heteroatoms. The molecule has 113 heavy (non-hydrogen) atoms. The van der Waals surface area contributed by atoms with Gasteiger partial charge in [-0.05, 0) is 140 Å². The predicted octanol–water partition coefficient (Wildman–Crippen LogP) is 12.1. The van der Waals surface area contributed by atoms with E-state index in [0.717, 1.165) is 122 Å². The van der Waals surface area contributed by atoms with E-state index in [1.165, 1.54) is 22.1 Å². The van der Waals surface area contributed by atoms with Crippen molar-refractivity contribution in [1.82, 2.24) is 49.9 Å². The van der Waals surface area contributed by atoms with E-state index in [1.807, 2.05) is 111 Å². The summed E-state index contributed by atoms with van der Waals surface area (Å²) in [5.74, 6) is -1.51. The summed E-state index contributed by atoms with van der Waals surface area (Å²) in [7, 11) is -4.72. The van der Waals surface area contributed by atoms with Gasteiger partial charge in [0.1, 0.15) is 34.8 Å². The third-order valence-electron chi connectivity index (χ3n) is 23.1. The largest absolute Gasteiger partial charge is 0.476 e. The Morgan fingerprint density at radius 1 is 0.841 bits per heavy atom. The summed E-state index contributed by atoms with van der Waals surface area (Å²) in [6.45, 7) is 20.1. The second-order valence-electron chi connectivity index (χ2n) is 32.6. The molecule has 0 spiro atoms. The molecule has 0 bridgehead atoms. The molecule has 4 fully saturated rings.